The number of hydrogen-bond acceptors (Lipinski definition) is 0. The molecule has 0 saturated heterocycles. The Kier molecular flexibility index (Phi) is 10.6. The summed E-state index contributed by atoms with van der Waals surface area (Å²) in [5.74, 6) is 0. The quantitative estimate of drug-likeness (QED) is 0.185. The van der Waals surface area contributed by atoms with Crippen LogP contribution in [0.1, 0.15) is 6.92 Å². The van der Waals surface area contributed by atoms with Crippen LogP contribution in [0, 0.1) is 0 Å². The van der Waals surface area contributed by atoms with Gasteiger partial charge in [-0.15, -0.1) is 0 Å². The summed E-state index contributed by atoms with van der Waals surface area (Å²) in [7, 11) is 12.1. The van der Waals surface area contributed by atoms with Gasteiger partial charge in [-0.3, -0.25) is 0 Å². The van der Waals surface area contributed by atoms with Crippen LogP contribution in [-0.2, 0) is 11.2 Å². The van der Waals surface area contributed by atoms with E-state index in [9.17, 15) is 0 Å². The molecule has 5 heteroatoms. The molecule has 0 aliphatic carbocycles. The van der Waals surface area contributed by atoms with Crippen LogP contribution in [0.2, 0.25) is 0 Å². The zero-order valence-electron chi connectivity index (χ0n) is 17.2. The molecule has 0 aromatic heterocycles. The molecule has 4 aromatic carbocycles. The van der Waals surface area contributed by atoms with Crippen molar-refractivity contribution < 1.29 is 11.2 Å². The summed E-state index contributed by atoms with van der Waals surface area (Å²) in [6.45, 7) is 1.63. The van der Waals surface area contributed by atoms with Crippen LogP contribution in [0.25, 0.3) is 0 Å². The maximum atomic E-state index is 6.15. The molecule has 0 amide bonds. The molecule has 0 heterocycles. The van der Waals surface area contributed by atoms with Gasteiger partial charge in [0.25, 0.3) is 0 Å². The van der Waals surface area contributed by atoms with Crippen molar-refractivity contribution in [2.24, 2.45) is 0 Å². The molecule has 0 aliphatic rings. The van der Waals surface area contributed by atoms with E-state index in [4.69, 9.17) is 20.4 Å². The van der Waals surface area contributed by atoms with E-state index >= 15 is 0 Å². The summed E-state index contributed by atoms with van der Waals surface area (Å²) in [5, 5.41) is 5.40. The molecular formula is C26H25Cl2NiP2. The van der Waals surface area contributed by atoms with E-state index < -0.39 is 17.9 Å². The predicted octanol–water partition coefficient (Wildman–Crippen LogP) is 7.10. The summed E-state index contributed by atoms with van der Waals surface area (Å²) in [6, 6.07) is 42.1. The Labute approximate surface area is 200 Å². The van der Waals surface area contributed by atoms with E-state index in [0.29, 0.717) is 0 Å². The third kappa shape index (κ3) is 7.43. The van der Waals surface area contributed by atoms with Gasteiger partial charge in [0, 0.05) is 0 Å². The number of benzene rings is 4. The maximum absolute atomic E-state index is 6.15. The third-order valence-electron chi connectivity index (χ3n) is 4.49. The number of rotatable bonds is 6. The molecule has 163 valence electrons. The second kappa shape index (κ2) is 13.4. The fourth-order valence-electron chi connectivity index (χ4n) is 3.10. The van der Waals surface area contributed by atoms with Crippen molar-refractivity contribution in [2.75, 3.05) is 6.16 Å². The molecule has 0 spiro atoms. The first-order valence-electron chi connectivity index (χ1n) is 9.94. The summed E-state index contributed by atoms with van der Waals surface area (Å²) in [6.07, 6.45) is 1.21. The van der Waals surface area contributed by atoms with Gasteiger partial charge in [-0.2, -0.15) is 0 Å². The van der Waals surface area contributed by atoms with Crippen LogP contribution in [-0.4, -0.2) is 6.16 Å². The SMILES string of the molecule is CCP(c1ccccc1)c1ccccc1.[Cl][Ni]([Cl])[P](c1ccccc1)c1ccccc1. The fraction of sp³-hybridized carbons (Fsp3) is 0.0769. The van der Waals surface area contributed by atoms with E-state index in [2.05, 4.69) is 91.9 Å². The van der Waals surface area contributed by atoms with E-state index in [1.165, 1.54) is 27.4 Å². The Bertz CT molecular complexity index is 922. The zero-order chi connectivity index (χ0) is 21.9. The Balaban J connectivity index is 0.000000176. The summed E-state index contributed by atoms with van der Waals surface area (Å²) < 4.78 is 0. The summed E-state index contributed by atoms with van der Waals surface area (Å²) in [4.78, 5) is 0. The fourth-order valence-corrected chi connectivity index (χ4v) is 11.7. The van der Waals surface area contributed by atoms with Gasteiger partial charge < -0.3 is 0 Å². The van der Waals surface area contributed by atoms with Crippen molar-refractivity contribution in [3.63, 3.8) is 0 Å². The summed E-state index contributed by atoms with van der Waals surface area (Å²) in [5.41, 5.74) is 0. The van der Waals surface area contributed by atoms with Gasteiger partial charge in [0.1, 0.15) is 0 Å². The molecule has 4 aromatic rings. The average molecular weight is 529 g/mol. The van der Waals surface area contributed by atoms with Crippen molar-refractivity contribution in [3.8, 4) is 0 Å². The second-order valence-electron chi connectivity index (χ2n) is 6.49. The van der Waals surface area contributed by atoms with Crippen molar-refractivity contribution in [1.29, 1.82) is 0 Å². The molecular weight excluding hydrogens is 504 g/mol. The molecule has 0 atom stereocenters. The van der Waals surface area contributed by atoms with Crippen molar-refractivity contribution in [2.45, 2.75) is 6.92 Å². The molecule has 0 aliphatic heterocycles. The molecule has 0 saturated carbocycles. The van der Waals surface area contributed by atoms with E-state index in [1.54, 1.807) is 0 Å². The predicted molar refractivity (Wildman–Crippen MR) is 140 cm³/mol. The van der Waals surface area contributed by atoms with Crippen LogP contribution in [0.5, 0.6) is 0 Å². The van der Waals surface area contributed by atoms with Gasteiger partial charge in [0.2, 0.25) is 0 Å². The molecule has 0 fully saturated rings. The Hall–Kier alpha value is -1.19. The summed E-state index contributed by atoms with van der Waals surface area (Å²) >= 11 is -0.781. The van der Waals surface area contributed by atoms with Gasteiger partial charge in [0.15, 0.2) is 0 Å². The monoisotopic (exact) mass is 527 g/mol. The van der Waals surface area contributed by atoms with Gasteiger partial charge in [-0.1, -0.05) is 67.6 Å². The molecule has 0 nitrogen and oxygen atoms in total. The van der Waals surface area contributed by atoms with Crippen molar-refractivity contribution >= 4 is 56.2 Å². The standard InChI is InChI=1S/C14H15P.C12H10P.2ClH.Ni/c1-2-15(13-9-5-3-6-10-13)14-11-7-4-8-12-14;1-3-7-11(8-4-1)13-12-9-5-2-6-10-12;;;/h3-12H,2H2,1H3;1-10H;2*1H;/q;-1;;;+3/p-2. The van der Waals surface area contributed by atoms with Crippen LogP contribution in [0.15, 0.2) is 121 Å². The molecule has 0 bridgehead atoms. The van der Waals surface area contributed by atoms with Gasteiger partial charge in [-0.05, 0) is 24.7 Å². The first-order valence-corrected chi connectivity index (χ1v) is 16.7. The third-order valence-corrected chi connectivity index (χ3v) is 13.8. The van der Waals surface area contributed by atoms with Gasteiger partial charge >= 0.3 is 110 Å². The molecule has 0 unspecified atom stereocenters. The van der Waals surface area contributed by atoms with E-state index in [0.717, 1.165) is 0 Å². The van der Waals surface area contributed by atoms with E-state index in [-0.39, 0.29) is 7.92 Å². The van der Waals surface area contributed by atoms with Crippen LogP contribution in [0.3, 0.4) is 0 Å². The van der Waals surface area contributed by atoms with Crippen molar-refractivity contribution in [3.05, 3.63) is 121 Å². The van der Waals surface area contributed by atoms with Crippen LogP contribution >= 0.6 is 35.0 Å². The minimum absolute atomic E-state index is 0.149. The minimum atomic E-state index is -0.781. The Morgan fingerprint density at radius 1 is 0.516 bits per heavy atom. The van der Waals surface area contributed by atoms with Gasteiger partial charge in [-0.25, -0.2) is 0 Å². The number of halogens is 2. The molecule has 0 N–H and O–H groups in total. The Morgan fingerprint density at radius 3 is 1.06 bits per heavy atom. The second-order valence-corrected chi connectivity index (χ2v) is 17.4. The first-order chi connectivity index (χ1) is 15.2. The van der Waals surface area contributed by atoms with Gasteiger partial charge in [0.05, 0.1) is 0 Å². The first kappa shape index (κ1) is 24.5. The van der Waals surface area contributed by atoms with Crippen LogP contribution < -0.4 is 21.2 Å². The molecule has 0 radical (unpaired) electrons. The Morgan fingerprint density at radius 2 is 0.806 bits per heavy atom. The van der Waals surface area contributed by atoms with Crippen LogP contribution in [0.4, 0.5) is 0 Å². The zero-order valence-corrected chi connectivity index (χ0v) is 21.5. The van der Waals surface area contributed by atoms with Crippen molar-refractivity contribution in [1.82, 2.24) is 0 Å². The molecule has 4 rings (SSSR count). The number of hydrogen-bond donors (Lipinski definition) is 0. The average Bonchev–Trinajstić information content (AvgIpc) is 2.83. The molecule has 31 heavy (non-hydrogen) atoms. The van der Waals surface area contributed by atoms with E-state index in [1.807, 2.05) is 36.4 Å². The normalized spacial score (nSPS) is 11.1. The topological polar surface area (TPSA) is 0 Å².